The predicted octanol–water partition coefficient (Wildman–Crippen LogP) is 3.56. The monoisotopic (exact) mass is 334 g/mol. The van der Waals surface area contributed by atoms with E-state index in [4.69, 9.17) is 9.84 Å². The van der Waals surface area contributed by atoms with Crippen molar-refractivity contribution in [3.8, 4) is 5.75 Å². The minimum Gasteiger partial charge on any atom is -0.488 e. The van der Waals surface area contributed by atoms with Gasteiger partial charge in [-0.05, 0) is 67.1 Å². The summed E-state index contributed by atoms with van der Waals surface area (Å²) < 4.78 is 6.97. The molecule has 1 aromatic rings. The van der Waals surface area contributed by atoms with Gasteiger partial charge in [-0.15, -0.1) is 0 Å². The lowest BCUT2D eigenvalue weighted by molar-refractivity contribution is 0.130. The number of ether oxygens (including phenoxy) is 1. The standard InChI is InChI=1S/C13H19IO2/c1-9(8-15)10-5-11(14)7-12(6-10)16-13(2,3)4/h5-7,9,15H,8H2,1-4H3. The average molecular weight is 334 g/mol. The van der Waals surface area contributed by atoms with E-state index in [9.17, 15) is 0 Å². The van der Waals surface area contributed by atoms with Crippen molar-refractivity contribution in [1.82, 2.24) is 0 Å². The SMILES string of the molecule is CC(CO)c1cc(I)cc(OC(C)(C)C)c1. The lowest BCUT2D eigenvalue weighted by atomic mass is 10.0. The minimum absolute atomic E-state index is 0.150. The van der Waals surface area contributed by atoms with E-state index in [1.807, 2.05) is 39.8 Å². The van der Waals surface area contributed by atoms with Crippen LogP contribution in [0.3, 0.4) is 0 Å². The van der Waals surface area contributed by atoms with Crippen LogP contribution < -0.4 is 4.74 Å². The zero-order valence-electron chi connectivity index (χ0n) is 10.2. The van der Waals surface area contributed by atoms with Crippen molar-refractivity contribution in [1.29, 1.82) is 0 Å². The average Bonchev–Trinajstić information content (AvgIpc) is 2.12. The maximum absolute atomic E-state index is 9.16. The van der Waals surface area contributed by atoms with Gasteiger partial charge in [0.05, 0.1) is 0 Å². The van der Waals surface area contributed by atoms with Crippen LogP contribution in [0, 0.1) is 3.57 Å². The molecule has 3 heteroatoms. The Morgan fingerprint density at radius 1 is 1.31 bits per heavy atom. The van der Waals surface area contributed by atoms with Crippen molar-refractivity contribution in [2.75, 3.05) is 6.61 Å². The third-order valence-corrected chi connectivity index (χ3v) is 2.78. The van der Waals surface area contributed by atoms with E-state index in [1.54, 1.807) is 0 Å². The first-order valence-electron chi connectivity index (χ1n) is 5.42. The van der Waals surface area contributed by atoms with E-state index < -0.39 is 0 Å². The first-order valence-corrected chi connectivity index (χ1v) is 6.50. The molecule has 0 aliphatic heterocycles. The van der Waals surface area contributed by atoms with E-state index in [0.29, 0.717) is 0 Å². The van der Waals surface area contributed by atoms with Crippen LogP contribution in [0.4, 0.5) is 0 Å². The van der Waals surface area contributed by atoms with Gasteiger partial charge in [0.2, 0.25) is 0 Å². The fourth-order valence-electron chi connectivity index (χ4n) is 1.39. The summed E-state index contributed by atoms with van der Waals surface area (Å²) in [7, 11) is 0. The second-order valence-corrected chi connectivity index (χ2v) is 6.26. The number of rotatable bonds is 3. The van der Waals surface area contributed by atoms with E-state index in [2.05, 4.69) is 28.7 Å². The Bertz CT molecular complexity index is 355. The molecule has 1 aromatic carbocycles. The highest BCUT2D eigenvalue weighted by Crippen LogP contribution is 2.26. The topological polar surface area (TPSA) is 29.5 Å². The van der Waals surface area contributed by atoms with Crippen LogP contribution in [0.15, 0.2) is 18.2 Å². The molecule has 0 heterocycles. The van der Waals surface area contributed by atoms with Crippen LogP contribution in [-0.2, 0) is 0 Å². The Morgan fingerprint density at radius 2 is 1.94 bits per heavy atom. The van der Waals surface area contributed by atoms with Gasteiger partial charge in [0, 0.05) is 16.1 Å². The molecule has 16 heavy (non-hydrogen) atoms. The fourth-order valence-corrected chi connectivity index (χ4v) is 2.05. The summed E-state index contributed by atoms with van der Waals surface area (Å²) in [4.78, 5) is 0. The molecule has 1 rings (SSSR count). The summed E-state index contributed by atoms with van der Waals surface area (Å²) >= 11 is 2.27. The first kappa shape index (κ1) is 13.8. The molecule has 0 aliphatic carbocycles. The smallest absolute Gasteiger partial charge is 0.121 e. The van der Waals surface area contributed by atoms with Crippen molar-refractivity contribution in [3.63, 3.8) is 0 Å². The molecule has 90 valence electrons. The van der Waals surface area contributed by atoms with Gasteiger partial charge in [-0.3, -0.25) is 0 Å². The van der Waals surface area contributed by atoms with Crippen molar-refractivity contribution in [2.45, 2.75) is 39.2 Å². The quantitative estimate of drug-likeness (QED) is 0.857. The number of hydrogen-bond acceptors (Lipinski definition) is 2. The first-order chi connectivity index (χ1) is 7.31. The van der Waals surface area contributed by atoms with Gasteiger partial charge >= 0.3 is 0 Å². The summed E-state index contributed by atoms with van der Waals surface area (Å²) in [5.41, 5.74) is 0.929. The third-order valence-electron chi connectivity index (χ3n) is 2.16. The lowest BCUT2D eigenvalue weighted by Crippen LogP contribution is -2.23. The molecular weight excluding hydrogens is 315 g/mol. The van der Waals surface area contributed by atoms with Gasteiger partial charge in [0.1, 0.15) is 11.4 Å². The molecule has 1 N–H and O–H groups in total. The summed E-state index contributed by atoms with van der Waals surface area (Å²) in [6.45, 7) is 8.26. The number of hydrogen-bond donors (Lipinski definition) is 1. The van der Waals surface area contributed by atoms with Crippen LogP contribution in [0.5, 0.6) is 5.75 Å². The number of aliphatic hydroxyl groups is 1. The van der Waals surface area contributed by atoms with Crippen LogP contribution in [-0.4, -0.2) is 17.3 Å². The Hall–Kier alpha value is -0.290. The number of halogens is 1. The van der Waals surface area contributed by atoms with Crippen molar-refractivity contribution < 1.29 is 9.84 Å². The molecule has 1 unspecified atom stereocenters. The molecule has 0 saturated heterocycles. The molecule has 0 radical (unpaired) electrons. The number of aliphatic hydroxyl groups excluding tert-OH is 1. The molecule has 2 nitrogen and oxygen atoms in total. The molecule has 0 amide bonds. The van der Waals surface area contributed by atoms with Gasteiger partial charge in [-0.1, -0.05) is 6.92 Å². The number of benzene rings is 1. The third kappa shape index (κ3) is 4.29. The zero-order chi connectivity index (χ0) is 12.3. The van der Waals surface area contributed by atoms with E-state index in [1.165, 1.54) is 0 Å². The molecule has 0 spiro atoms. The Morgan fingerprint density at radius 3 is 2.44 bits per heavy atom. The Kier molecular flexibility index (Phi) is 4.62. The Balaban J connectivity index is 2.99. The molecule has 0 fully saturated rings. The summed E-state index contributed by atoms with van der Waals surface area (Å²) in [5, 5.41) is 9.16. The molecule has 1 atom stereocenters. The molecule has 0 bridgehead atoms. The van der Waals surface area contributed by atoms with Crippen molar-refractivity contribution in [3.05, 3.63) is 27.3 Å². The highest BCUT2D eigenvalue weighted by Gasteiger charge is 2.14. The summed E-state index contributed by atoms with van der Waals surface area (Å²) in [6, 6.07) is 6.10. The van der Waals surface area contributed by atoms with Crippen LogP contribution in [0.2, 0.25) is 0 Å². The second kappa shape index (κ2) is 5.36. The van der Waals surface area contributed by atoms with Crippen LogP contribution in [0.25, 0.3) is 0 Å². The Labute approximate surface area is 111 Å². The van der Waals surface area contributed by atoms with E-state index >= 15 is 0 Å². The fraction of sp³-hybridized carbons (Fsp3) is 0.538. The molecule has 0 aromatic heterocycles. The molecular formula is C13H19IO2. The predicted molar refractivity (Wildman–Crippen MR) is 75.0 cm³/mol. The van der Waals surface area contributed by atoms with Gasteiger partial charge < -0.3 is 9.84 Å². The largest absolute Gasteiger partial charge is 0.488 e. The minimum atomic E-state index is -0.190. The maximum atomic E-state index is 9.16. The zero-order valence-corrected chi connectivity index (χ0v) is 12.4. The van der Waals surface area contributed by atoms with E-state index in [0.717, 1.165) is 14.9 Å². The lowest BCUT2D eigenvalue weighted by Gasteiger charge is -2.22. The summed E-state index contributed by atoms with van der Waals surface area (Å²) in [5.74, 6) is 1.02. The highest BCUT2D eigenvalue weighted by atomic mass is 127. The van der Waals surface area contributed by atoms with Crippen molar-refractivity contribution >= 4 is 22.6 Å². The molecule has 0 aliphatic rings. The van der Waals surface area contributed by atoms with Gasteiger partial charge in [0.25, 0.3) is 0 Å². The van der Waals surface area contributed by atoms with Crippen molar-refractivity contribution in [2.24, 2.45) is 0 Å². The van der Waals surface area contributed by atoms with E-state index in [-0.39, 0.29) is 18.1 Å². The normalized spacial score (nSPS) is 13.6. The van der Waals surface area contributed by atoms with Gasteiger partial charge in [-0.2, -0.15) is 0 Å². The molecule has 0 saturated carbocycles. The second-order valence-electron chi connectivity index (χ2n) is 5.02. The van der Waals surface area contributed by atoms with Crippen LogP contribution >= 0.6 is 22.6 Å². The maximum Gasteiger partial charge on any atom is 0.121 e. The highest BCUT2D eigenvalue weighted by molar-refractivity contribution is 14.1. The van der Waals surface area contributed by atoms with Gasteiger partial charge in [0.15, 0.2) is 0 Å². The summed E-state index contributed by atoms with van der Waals surface area (Å²) in [6.07, 6.45) is 0. The van der Waals surface area contributed by atoms with Crippen LogP contribution in [0.1, 0.15) is 39.2 Å². The van der Waals surface area contributed by atoms with Gasteiger partial charge in [-0.25, -0.2) is 0 Å².